The first kappa shape index (κ1) is 10.3. The van der Waals surface area contributed by atoms with Gasteiger partial charge in [0.2, 0.25) is 0 Å². The minimum atomic E-state index is -5.55. The standard InChI is InChI=1S/C3F6I/c4-1(5)2(6,10)3(7,8)9. The number of rotatable bonds is 1. The van der Waals surface area contributed by atoms with Gasteiger partial charge in [0.05, 0.1) is 0 Å². The number of alkyl halides is 5. The van der Waals surface area contributed by atoms with Crippen LogP contribution in [-0.4, -0.2) is 9.85 Å². The average molecular weight is 277 g/mol. The van der Waals surface area contributed by atoms with Gasteiger partial charge in [-0.1, -0.05) is 0 Å². The molecule has 61 valence electrons. The van der Waals surface area contributed by atoms with E-state index >= 15 is 0 Å². The normalized spacial score (nSPS) is 19.2. The molecule has 0 bridgehead atoms. The van der Waals surface area contributed by atoms with Crippen LogP contribution in [0.25, 0.3) is 0 Å². The maximum atomic E-state index is 11.8. The lowest BCUT2D eigenvalue weighted by molar-refractivity contribution is -0.198. The fourth-order valence-electron chi connectivity index (χ4n) is 0.107. The zero-order valence-corrected chi connectivity index (χ0v) is 6.30. The molecule has 7 heteroatoms. The minimum absolute atomic E-state index is 0.00630. The molecule has 0 aromatic heterocycles. The first-order chi connectivity index (χ1) is 4.19. The number of halogens is 7. The highest BCUT2D eigenvalue weighted by Crippen LogP contribution is 2.47. The van der Waals surface area contributed by atoms with Crippen molar-refractivity contribution >= 4 is 22.6 Å². The number of hydrogen-bond acceptors (Lipinski definition) is 0. The van der Waals surface area contributed by atoms with Crippen LogP contribution in [0.5, 0.6) is 0 Å². The van der Waals surface area contributed by atoms with Gasteiger partial charge in [-0.3, -0.25) is 0 Å². The summed E-state index contributed by atoms with van der Waals surface area (Å²) in [7, 11) is 0. The molecule has 0 aromatic carbocycles. The van der Waals surface area contributed by atoms with E-state index in [0.717, 1.165) is 0 Å². The van der Waals surface area contributed by atoms with Crippen LogP contribution in [0.1, 0.15) is 0 Å². The molecule has 0 aliphatic carbocycles. The highest BCUT2D eigenvalue weighted by molar-refractivity contribution is 14.1. The van der Waals surface area contributed by atoms with E-state index in [2.05, 4.69) is 0 Å². The summed E-state index contributed by atoms with van der Waals surface area (Å²) < 4.78 is 63.1. The zero-order chi connectivity index (χ0) is 8.58. The Kier molecular flexibility index (Phi) is 2.83. The first-order valence-corrected chi connectivity index (χ1v) is 2.90. The molecule has 1 unspecified atom stereocenters. The number of hydrogen-bond donors (Lipinski definition) is 0. The lowest BCUT2D eigenvalue weighted by Gasteiger charge is -2.18. The van der Waals surface area contributed by atoms with Gasteiger partial charge in [0, 0.05) is 0 Å². The summed E-state index contributed by atoms with van der Waals surface area (Å²) in [5.74, 6) is 0. The van der Waals surface area contributed by atoms with E-state index in [1.807, 2.05) is 0 Å². The fraction of sp³-hybridized carbons (Fsp3) is 0.667. The van der Waals surface area contributed by atoms with E-state index in [4.69, 9.17) is 0 Å². The van der Waals surface area contributed by atoms with Crippen LogP contribution < -0.4 is 0 Å². The molecule has 10 heavy (non-hydrogen) atoms. The van der Waals surface area contributed by atoms with E-state index in [0.29, 0.717) is 0 Å². The highest BCUT2D eigenvalue weighted by Gasteiger charge is 2.62. The molecule has 0 aliphatic heterocycles. The minimum Gasteiger partial charge on any atom is -0.215 e. The van der Waals surface area contributed by atoms with Gasteiger partial charge in [-0.15, -0.1) is 0 Å². The van der Waals surface area contributed by atoms with Gasteiger partial charge in [0.25, 0.3) is 0 Å². The third kappa shape index (κ3) is 1.89. The van der Waals surface area contributed by atoms with Crippen LogP contribution in [0.15, 0.2) is 0 Å². The summed E-state index contributed by atoms with van der Waals surface area (Å²) in [6.45, 7) is 0. The predicted octanol–water partition coefficient (Wildman–Crippen LogP) is 3.08. The van der Waals surface area contributed by atoms with Crippen LogP contribution in [0.4, 0.5) is 26.3 Å². The summed E-state index contributed by atoms with van der Waals surface area (Å²) in [5.41, 5.74) is 0. The molecule has 0 nitrogen and oxygen atoms in total. The Labute approximate surface area is 65.7 Å². The molecule has 0 spiro atoms. The van der Waals surface area contributed by atoms with Crippen molar-refractivity contribution in [3.8, 4) is 0 Å². The third-order valence-corrected chi connectivity index (χ3v) is 1.61. The lowest BCUT2D eigenvalue weighted by Crippen LogP contribution is -2.37. The molecule has 0 saturated carbocycles. The van der Waals surface area contributed by atoms with Crippen LogP contribution >= 0.6 is 22.6 Å². The van der Waals surface area contributed by atoms with Gasteiger partial charge >= 0.3 is 16.3 Å². The second kappa shape index (κ2) is 2.74. The Balaban J connectivity index is 4.40. The Morgan fingerprint density at radius 1 is 1.00 bits per heavy atom. The van der Waals surface area contributed by atoms with Crippen molar-refractivity contribution in [1.82, 2.24) is 0 Å². The fourth-order valence-corrected chi connectivity index (χ4v) is 0.107. The van der Waals surface area contributed by atoms with Gasteiger partial charge < -0.3 is 0 Å². The third-order valence-electron chi connectivity index (χ3n) is 0.593. The van der Waals surface area contributed by atoms with E-state index in [9.17, 15) is 26.3 Å². The van der Waals surface area contributed by atoms with Crippen molar-refractivity contribution in [1.29, 1.82) is 0 Å². The van der Waals surface area contributed by atoms with Gasteiger partial charge in [-0.25, -0.2) is 4.39 Å². The smallest absolute Gasteiger partial charge is 0.215 e. The maximum absolute atomic E-state index is 11.8. The molecule has 0 rings (SSSR count). The maximum Gasteiger partial charge on any atom is 0.438 e. The van der Waals surface area contributed by atoms with Crippen molar-refractivity contribution in [3.63, 3.8) is 0 Å². The first-order valence-electron chi connectivity index (χ1n) is 1.82. The molecule has 0 N–H and O–H groups in total. The van der Waals surface area contributed by atoms with Crippen molar-refractivity contribution in [2.75, 3.05) is 0 Å². The summed E-state index contributed by atoms with van der Waals surface area (Å²) in [4.78, 5) is 0. The highest BCUT2D eigenvalue weighted by atomic mass is 127. The van der Waals surface area contributed by atoms with Crippen molar-refractivity contribution in [3.05, 3.63) is 6.43 Å². The topological polar surface area (TPSA) is 0 Å². The van der Waals surface area contributed by atoms with Gasteiger partial charge in [-0.2, -0.15) is 22.0 Å². The van der Waals surface area contributed by atoms with E-state index < -0.39 is 16.3 Å². The van der Waals surface area contributed by atoms with Crippen molar-refractivity contribution < 1.29 is 26.3 Å². The average Bonchev–Trinajstić information content (AvgIpc) is 1.62. The Morgan fingerprint density at radius 2 is 1.30 bits per heavy atom. The van der Waals surface area contributed by atoms with Gasteiger partial charge in [-0.05, 0) is 22.6 Å². The van der Waals surface area contributed by atoms with Crippen LogP contribution in [-0.2, 0) is 0 Å². The molecule has 0 saturated heterocycles. The van der Waals surface area contributed by atoms with Crippen LogP contribution in [0.3, 0.4) is 0 Å². The second-order valence-corrected chi connectivity index (χ2v) is 2.82. The largest absolute Gasteiger partial charge is 0.438 e. The quantitative estimate of drug-likeness (QED) is 0.392. The molecule has 1 radical (unpaired) electrons. The van der Waals surface area contributed by atoms with Crippen molar-refractivity contribution in [2.45, 2.75) is 9.85 Å². The summed E-state index contributed by atoms with van der Waals surface area (Å²) >= 11 is -0.00630. The van der Waals surface area contributed by atoms with Crippen LogP contribution in [0, 0.1) is 6.43 Å². The molecule has 0 fully saturated rings. The van der Waals surface area contributed by atoms with Crippen LogP contribution in [0.2, 0.25) is 0 Å². The molecular formula is C3F6I. The van der Waals surface area contributed by atoms with E-state index in [1.54, 1.807) is 0 Å². The molecule has 0 amide bonds. The summed E-state index contributed by atoms with van der Waals surface area (Å²) in [5, 5.41) is 0. The Morgan fingerprint density at radius 3 is 1.30 bits per heavy atom. The van der Waals surface area contributed by atoms with Crippen molar-refractivity contribution in [2.24, 2.45) is 0 Å². The van der Waals surface area contributed by atoms with Gasteiger partial charge in [0.1, 0.15) is 0 Å². The Bertz CT molecular complexity index is 115. The predicted molar refractivity (Wildman–Crippen MR) is 29.4 cm³/mol. The summed E-state index contributed by atoms with van der Waals surface area (Å²) in [6, 6.07) is 0. The summed E-state index contributed by atoms with van der Waals surface area (Å²) in [6.07, 6.45) is -8.84. The van der Waals surface area contributed by atoms with E-state index in [-0.39, 0.29) is 22.6 Å². The van der Waals surface area contributed by atoms with E-state index in [1.165, 1.54) is 0 Å². The molecule has 0 aliphatic rings. The zero-order valence-electron chi connectivity index (χ0n) is 4.15. The molecular weight excluding hydrogens is 277 g/mol. The van der Waals surface area contributed by atoms with Gasteiger partial charge in [0.15, 0.2) is 0 Å². The molecule has 0 aromatic rings. The monoisotopic (exact) mass is 277 g/mol. The second-order valence-electron chi connectivity index (χ2n) is 1.33. The molecule has 1 atom stereocenters. The SMILES string of the molecule is F[C](F)C(F)(I)C(F)(F)F. The lowest BCUT2D eigenvalue weighted by atomic mass is 10.4. The molecule has 0 heterocycles. The Hall–Kier alpha value is 0.310.